The van der Waals surface area contributed by atoms with E-state index in [-0.39, 0.29) is 13.1 Å². The molecule has 110 valence electrons. The van der Waals surface area contributed by atoms with Crippen molar-refractivity contribution in [3.63, 3.8) is 0 Å². The summed E-state index contributed by atoms with van der Waals surface area (Å²) in [6, 6.07) is 1.69. The molecule has 0 spiro atoms. The molecule has 0 atom stereocenters. The van der Waals surface area contributed by atoms with Crippen molar-refractivity contribution >= 4 is 45.1 Å². The van der Waals surface area contributed by atoms with Gasteiger partial charge in [-0.05, 0) is 34.5 Å². The first-order valence-corrected chi connectivity index (χ1v) is 7.18. The van der Waals surface area contributed by atoms with E-state index in [1.807, 2.05) is 6.92 Å². The number of rotatable bonds is 5. The highest BCUT2D eigenvalue weighted by molar-refractivity contribution is 9.11. The van der Waals surface area contributed by atoms with Gasteiger partial charge in [0.2, 0.25) is 0 Å². The van der Waals surface area contributed by atoms with Crippen LogP contribution in [0.5, 0.6) is 0 Å². The summed E-state index contributed by atoms with van der Waals surface area (Å²) in [4.78, 5) is 36.5. The van der Waals surface area contributed by atoms with Crippen molar-refractivity contribution in [2.45, 2.75) is 6.92 Å². The number of nitrogens with zero attached hydrogens (tertiary/aromatic N) is 1. The molecule has 0 saturated carbocycles. The SMILES string of the molecule is COC(=O)CN(CC(=O)OC)C(=O)c1cc(C)c(Br)s1. The predicted octanol–water partition coefficient (Wildman–Crippen LogP) is 1.61. The Labute approximate surface area is 128 Å². The van der Waals surface area contributed by atoms with Crippen molar-refractivity contribution in [3.05, 3.63) is 20.3 Å². The monoisotopic (exact) mass is 363 g/mol. The van der Waals surface area contributed by atoms with Gasteiger partial charge in [-0.25, -0.2) is 0 Å². The second-order valence-electron chi connectivity index (χ2n) is 3.88. The number of esters is 2. The molecule has 0 unspecified atom stereocenters. The third-order valence-electron chi connectivity index (χ3n) is 2.45. The van der Waals surface area contributed by atoms with Crippen LogP contribution < -0.4 is 0 Å². The summed E-state index contributed by atoms with van der Waals surface area (Å²) in [6.07, 6.45) is 0. The van der Waals surface area contributed by atoms with Gasteiger partial charge in [0, 0.05) is 0 Å². The lowest BCUT2D eigenvalue weighted by Gasteiger charge is -2.19. The average molecular weight is 364 g/mol. The Kier molecular flexibility index (Phi) is 6.15. The van der Waals surface area contributed by atoms with E-state index in [0.29, 0.717) is 4.88 Å². The quantitative estimate of drug-likeness (QED) is 0.743. The van der Waals surface area contributed by atoms with Crippen molar-refractivity contribution in [1.82, 2.24) is 4.90 Å². The van der Waals surface area contributed by atoms with Gasteiger partial charge in [0.05, 0.1) is 22.9 Å². The van der Waals surface area contributed by atoms with Crippen LogP contribution in [-0.4, -0.2) is 50.1 Å². The van der Waals surface area contributed by atoms with Crippen molar-refractivity contribution in [1.29, 1.82) is 0 Å². The van der Waals surface area contributed by atoms with E-state index >= 15 is 0 Å². The van der Waals surface area contributed by atoms with Gasteiger partial charge < -0.3 is 14.4 Å². The smallest absolute Gasteiger partial charge is 0.325 e. The maximum atomic E-state index is 12.3. The molecule has 0 aliphatic heterocycles. The molecule has 1 heterocycles. The van der Waals surface area contributed by atoms with E-state index in [1.165, 1.54) is 25.6 Å². The fourth-order valence-corrected chi connectivity index (χ4v) is 2.86. The van der Waals surface area contributed by atoms with Gasteiger partial charge in [0.1, 0.15) is 13.1 Å². The van der Waals surface area contributed by atoms with E-state index in [1.54, 1.807) is 6.07 Å². The molecule has 0 aromatic carbocycles. The van der Waals surface area contributed by atoms with E-state index < -0.39 is 17.8 Å². The summed E-state index contributed by atoms with van der Waals surface area (Å²) in [7, 11) is 2.43. The van der Waals surface area contributed by atoms with Gasteiger partial charge in [-0.1, -0.05) is 0 Å². The second-order valence-corrected chi connectivity index (χ2v) is 6.25. The third kappa shape index (κ3) is 4.31. The predicted molar refractivity (Wildman–Crippen MR) is 76.7 cm³/mol. The number of halogens is 1. The number of thiophene rings is 1. The number of carbonyl (C=O) groups is 3. The molecule has 0 fully saturated rings. The highest BCUT2D eigenvalue weighted by Gasteiger charge is 2.24. The number of methoxy groups -OCH3 is 2. The molecule has 0 aliphatic rings. The van der Waals surface area contributed by atoms with Gasteiger partial charge in [0.15, 0.2) is 0 Å². The minimum absolute atomic E-state index is 0.307. The first kappa shape index (κ1) is 16.6. The van der Waals surface area contributed by atoms with Gasteiger partial charge >= 0.3 is 11.9 Å². The first-order valence-electron chi connectivity index (χ1n) is 5.57. The topological polar surface area (TPSA) is 72.9 Å². The molecular weight excluding hydrogens is 350 g/mol. The molecule has 20 heavy (non-hydrogen) atoms. The summed E-state index contributed by atoms with van der Waals surface area (Å²) in [5.41, 5.74) is 0.912. The molecule has 1 aromatic rings. The number of ether oxygens (including phenoxy) is 2. The highest BCUT2D eigenvalue weighted by atomic mass is 79.9. The van der Waals surface area contributed by atoms with Crippen LogP contribution in [-0.2, 0) is 19.1 Å². The zero-order valence-electron chi connectivity index (χ0n) is 11.3. The molecule has 0 saturated heterocycles. The summed E-state index contributed by atoms with van der Waals surface area (Å²) < 4.78 is 9.87. The van der Waals surface area contributed by atoms with Gasteiger partial charge in [0.25, 0.3) is 5.91 Å². The minimum Gasteiger partial charge on any atom is -0.468 e. The molecule has 1 aromatic heterocycles. The van der Waals surface area contributed by atoms with Crippen molar-refractivity contribution < 1.29 is 23.9 Å². The van der Waals surface area contributed by atoms with Crippen LogP contribution in [0.2, 0.25) is 0 Å². The Hall–Kier alpha value is -1.41. The van der Waals surface area contributed by atoms with Crippen LogP contribution in [0, 0.1) is 6.92 Å². The fourth-order valence-electron chi connectivity index (χ4n) is 1.36. The molecule has 0 bridgehead atoms. The Balaban J connectivity index is 2.93. The zero-order chi connectivity index (χ0) is 15.3. The number of aryl methyl sites for hydroxylation is 1. The summed E-state index contributed by atoms with van der Waals surface area (Å²) in [5.74, 6) is -1.62. The average Bonchev–Trinajstić information content (AvgIpc) is 2.76. The molecule has 0 aliphatic carbocycles. The summed E-state index contributed by atoms with van der Waals surface area (Å²) in [6.45, 7) is 1.24. The summed E-state index contributed by atoms with van der Waals surface area (Å²) in [5, 5.41) is 0. The van der Waals surface area contributed by atoms with Gasteiger partial charge in [-0.15, -0.1) is 11.3 Å². The van der Waals surface area contributed by atoms with Crippen LogP contribution in [0.4, 0.5) is 0 Å². The molecule has 1 amide bonds. The molecule has 1 rings (SSSR count). The van der Waals surface area contributed by atoms with Crippen LogP contribution in [0.25, 0.3) is 0 Å². The Morgan fingerprint density at radius 2 is 1.70 bits per heavy atom. The van der Waals surface area contributed by atoms with Crippen LogP contribution in [0.1, 0.15) is 15.2 Å². The third-order valence-corrected chi connectivity index (χ3v) is 4.58. The van der Waals surface area contributed by atoms with Gasteiger partial charge in [-0.3, -0.25) is 14.4 Å². The molecule has 0 radical (unpaired) electrons. The Morgan fingerprint density at radius 3 is 2.05 bits per heavy atom. The lowest BCUT2D eigenvalue weighted by Crippen LogP contribution is -2.39. The largest absolute Gasteiger partial charge is 0.468 e. The molecule has 8 heteroatoms. The maximum Gasteiger partial charge on any atom is 0.325 e. The van der Waals surface area contributed by atoms with Crippen LogP contribution in [0.15, 0.2) is 9.85 Å². The lowest BCUT2D eigenvalue weighted by atomic mass is 10.3. The minimum atomic E-state index is -0.602. The standard InChI is InChI=1S/C12H14BrNO5S/c1-7-4-8(20-11(7)13)12(17)14(5-9(15)18-2)6-10(16)19-3/h4H,5-6H2,1-3H3. The zero-order valence-corrected chi connectivity index (χ0v) is 13.7. The number of amides is 1. The van der Waals surface area contributed by atoms with E-state index in [0.717, 1.165) is 14.2 Å². The Bertz CT molecular complexity index is 490. The highest BCUT2D eigenvalue weighted by Crippen LogP contribution is 2.28. The van der Waals surface area contributed by atoms with Crippen LogP contribution >= 0.6 is 27.3 Å². The second kappa shape index (κ2) is 7.39. The maximum absolute atomic E-state index is 12.3. The lowest BCUT2D eigenvalue weighted by molar-refractivity contribution is -0.144. The summed E-state index contributed by atoms with van der Waals surface area (Å²) >= 11 is 4.57. The van der Waals surface area contributed by atoms with E-state index in [4.69, 9.17) is 0 Å². The Morgan fingerprint density at radius 1 is 1.20 bits per heavy atom. The molecular formula is C12H14BrNO5S. The van der Waals surface area contributed by atoms with E-state index in [9.17, 15) is 14.4 Å². The van der Waals surface area contributed by atoms with Crippen molar-refractivity contribution in [2.24, 2.45) is 0 Å². The van der Waals surface area contributed by atoms with Gasteiger partial charge in [-0.2, -0.15) is 0 Å². The number of hydrogen-bond acceptors (Lipinski definition) is 6. The van der Waals surface area contributed by atoms with Crippen LogP contribution in [0.3, 0.4) is 0 Å². The van der Waals surface area contributed by atoms with Crippen molar-refractivity contribution in [2.75, 3.05) is 27.3 Å². The van der Waals surface area contributed by atoms with Crippen molar-refractivity contribution in [3.8, 4) is 0 Å². The molecule has 6 nitrogen and oxygen atoms in total. The normalized spacial score (nSPS) is 10.0. The number of carbonyl (C=O) groups excluding carboxylic acids is 3. The molecule has 0 N–H and O–H groups in total. The first-order chi connectivity index (χ1) is 9.38. The van der Waals surface area contributed by atoms with E-state index in [2.05, 4.69) is 25.4 Å². The number of hydrogen-bond donors (Lipinski definition) is 0. The fraction of sp³-hybridized carbons (Fsp3) is 0.417.